The topological polar surface area (TPSA) is 51.8 Å². The van der Waals surface area contributed by atoms with Gasteiger partial charge in [0.1, 0.15) is 17.5 Å². The number of nitrogens with zero attached hydrogens (tertiary/aromatic N) is 3. The minimum atomic E-state index is -0.733. The molecule has 0 saturated heterocycles. The molecule has 0 bridgehead atoms. The smallest absolute Gasteiger partial charge is 0.163 e. The van der Waals surface area contributed by atoms with Crippen molar-refractivity contribution in [2.24, 2.45) is 0 Å². The van der Waals surface area contributed by atoms with Crippen LogP contribution in [0.15, 0.2) is 144 Å². The summed E-state index contributed by atoms with van der Waals surface area (Å²) in [5.41, 5.74) is -0.735. The number of furan rings is 1. The Kier molecular flexibility index (Phi) is 3.48. The largest absolute Gasteiger partial charge is 0.456 e. The highest BCUT2D eigenvalue weighted by molar-refractivity contribution is 6.06. The third-order valence-electron chi connectivity index (χ3n) is 6.98. The molecule has 0 saturated carbocycles. The molecule has 0 spiro atoms. The first kappa shape index (κ1) is 14.0. The van der Waals surface area contributed by atoms with Crippen molar-refractivity contribution in [1.82, 2.24) is 15.0 Å². The Morgan fingerprint density at radius 3 is 2.16 bits per heavy atom. The van der Waals surface area contributed by atoms with Gasteiger partial charge < -0.3 is 4.42 Å². The number of hydrogen-bond acceptors (Lipinski definition) is 4. The maximum atomic E-state index is 9.49. The predicted molar refractivity (Wildman–Crippen MR) is 175 cm³/mol. The quantitative estimate of drug-likeness (QED) is 0.213. The van der Waals surface area contributed by atoms with Gasteiger partial charge in [0, 0.05) is 21.9 Å². The molecule has 4 heteroatoms. The monoisotopic (exact) mass is 568 g/mol. The lowest BCUT2D eigenvalue weighted by atomic mass is 9.89. The lowest BCUT2D eigenvalue weighted by Gasteiger charge is -2.15. The first-order valence-corrected chi connectivity index (χ1v) is 13.3. The molecule has 0 atom stereocenters. The molecule has 0 radical (unpaired) electrons. The van der Waals surface area contributed by atoms with Gasteiger partial charge >= 0.3 is 0 Å². The molecule has 204 valence electrons. The van der Waals surface area contributed by atoms with Gasteiger partial charge in [0.25, 0.3) is 0 Å². The molecule has 4 nitrogen and oxygen atoms in total. The summed E-state index contributed by atoms with van der Waals surface area (Å²) in [6.07, 6.45) is -0.0770. The van der Waals surface area contributed by atoms with Crippen LogP contribution in [0.1, 0.15) is 31.7 Å². The molecule has 0 amide bonds. The third kappa shape index (κ3) is 4.73. The Bertz CT molecular complexity index is 3000. The molecule has 8 rings (SSSR count). The SMILES string of the molecule is [2H]/C1=C([2H])/C([2H])=C(/[2H])Cc2c([2H])c([2H])c(-c3c([2H])c([2H])c(-c4ncnc(-c5ccc6oc7ccccc7c6c5)n4)c([2H])c3[2H])c([2H])c2-c2c([2H])c([2H])c([2H])c([2H])c2C1. The Labute approximate surface area is 270 Å². The molecule has 2 heterocycles. The van der Waals surface area contributed by atoms with Crippen molar-refractivity contribution in [3.63, 3.8) is 0 Å². The zero-order chi connectivity index (χ0) is 41.6. The molecule has 1 aliphatic rings. The van der Waals surface area contributed by atoms with E-state index in [0.717, 1.165) is 10.8 Å². The van der Waals surface area contributed by atoms with E-state index in [1.54, 1.807) is 12.1 Å². The van der Waals surface area contributed by atoms with E-state index >= 15 is 0 Å². The fourth-order valence-electron chi connectivity index (χ4n) is 4.91. The Hall–Kier alpha value is -5.61. The third-order valence-corrected chi connectivity index (χ3v) is 6.98. The van der Waals surface area contributed by atoms with E-state index in [1.165, 1.54) is 6.33 Å². The normalized spacial score (nSPS) is 21.9. The van der Waals surface area contributed by atoms with E-state index in [-0.39, 0.29) is 39.5 Å². The van der Waals surface area contributed by atoms with Crippen LogP contribution in [0.25, 0.3) is 67.0 Å². The number of para-hydroxylation sites is 1. The number of aromatic nitrogens is 3. The Morgan fingerprint density at radius 1 is 0.605 bits per heavy atom. The zero-order valence-corrected chi connectivity index (χ0v) is 22.3. The average molecular weight is 569 g/mol. The molecule has 0 aliphatic heterocycles. The Morgan fingerprint density at radius 2 is 1.30 bits per heavy atom. The molecule has 5 aromatic carbocycles. The molecular weight excluding hydrogens is 526 g/mol. The number of hydrogen-bond donors (Lipinski definition) is 0. The van der Waals surface area contributed by atoms with Crippen LogP contribution < -0.4 is 0 Å². The molecule has 2 aromatic heterocycles. The molecule has 43 heavy (non-hydrogen) atoms. The van der Waals surface area contributed by atoms with E-state index < -0.39 is 115 Å². The highest BCUT2D eigenvalue weighted by Gasteiger charge is 2.13. The summed E-state index contributed by atoms with van der Waals surface area (Å²) in [5.74, 6) is -0.0363. The highest BCUT2D eigenvalue weighted by Crippen LogP contribution is 2.35. The van der Waals surface area contributed by atoms with Gasteiger partial charge in [0.15, 0.2) is 11.6 Å². The second-order valence-electron chi connectivity index (χ2n) is 9.61. The van der Waals surface area contributed by atoms with Crippen LogP contribution in [0.5, 0.6) is 0 Å². The van der Waals surface area contributed by atoms with E-state index in [9.17, 15) is 1.37 Å². The van der Waals surface area contributed by atoms with Crippen LogP contribution in [-0.2, 0) is 12.8 Å². The van der Waals surface area contributed by atoms with E-state index in [0.29, 0.717) is 16.7 Å². The minimum absolute atomic E-state index is 0.164. The molecule has 0 fully saturated rings. The lowest BCUT2D eigenvalue weighted by Crippen LogP contribution is -1.96. The van der Waals surface area contributed by atoms with E-state index in [2.05, 4.69) is 15.0 Å². The average Bonchev–Trinajstić information content (AvgIpc) is 3.59. The predicted octanol–water partition coefficient (Wildman–Crippen LogP) is 9.65. The lowest BCUT2D eigenvalue weighted by molar-refractivity contribution is 0.669. The number of allylic oxidation sites excluding steroid dienone is 4. The second-order valence-corrected chi connectivity index (χ2v) is 9.61. The zero-order valence-electron chi connectivity index (χ0n) is 37.3. The molecule has 1 aliphatic carbocycles. The van der Waals surface area contributed by atoms with Crippen molar-refractivity contribution in [2.75, 3.05) is 0 Å². The first-order valence-electron chi connectivity index (χ1n) is 20.8. The summed E-state index contributed by atoms with van der Waals surface area (Å²) in [4.78, 5) is 13.0. The van der Waals surface area contributed by atoms with Crippen LogP contribution in [0.3, 0.4) is 0 Å². The van der Waals surface area contributed by atoms with Crippen LogP contribution in [-0.4, -0.2) is 15.0 Å². The standard InChI is InChI=1S/C39H27N3O/c1-2-4-10-28-17-20-30(23-34(28)32-12-6-5-11-27(32)9-3-1)26-15-18-29(19-16-26)38-40-25-41-39(42-38)31-21-22-37-35(24-31)33-13-7-8-14-36(33)43-37/h1-8,11-25H,9-10H2/b3-1-,4-2-/i1D,2D,3D,4D,5D,6D,11D,12D,15D,16D,17D,18D,19D,20D,23D. The maximum Gasteiger partial charge on any atom is 0.163 e. The van der Waals surface area contributed by atoms with Crippen molar-refractivity contribution in [1.29, 1.82) is 0 Å². The summed E-state index contributed by atoms with van der Waals surface area (Å²) < 4.78 is 138. The van der Waals surface area contributed by atoms with Gasteiger partial charge in [-0.2, -0.15) is 0 Å². The Balaban J connectivity index is 1.35. The van der Waals surface area contributed by atoms with Crippen LogP contribution in [0.2, 0.25) is 0 Å². The summed E-state index contributed by atoms with van der Waals surface area (Å²) >= 11 is 0. The maximum absolute atomic E-state index is 9.49. The fourth-order valence-corrected chi connectivity index (χ4v) is 4.91. The molecular formula is C39H27N3O. The number of fused-ring (bicyclic) bond motifs is 6. The van der Waals surface area contributed by atoms with Gasteiger partial charge in [-0.25, -0.2) is 15.0 Å². The second kappa shape index (κ2) is 10.7. The van der Waals surface area contributed by atoms with Crippen LogP contribution in [0.4, 0.5) is 0 Å². The minimum Gasteiger partial charge on any atom is -0.456 e. The van der Waals surface area contributed by atoms with Crippen molar-refractivity contribution in [2.45, 2.75) is 12.8 Å². The summed E-state index contributed by atoms with van der Waals surface area (Å²) in [5, 5.41) is 1.66. The fraction of sp³-hybridized carbons (Fsp3) is 0.0513. The summed E-state index contributed by atoms with van der Waals surface area (Å²) in [6.45, 7) is 0. The highest BCUT2D eigenvalue weighted by atomic mass is 16.3. The summed E-state index contributed by atoms with van der Waals surface area (Å²) in [6, 6.07) is 2.87. The summed E-state index contributed by atoms with van der Waals surface area (Å²) in [7, 11) is 0. The van der Waals surface area contributed by atoms with Gasteiger partial charge in [0.2, 0.25) is 0 Å². The number of benzene rings is 5. The van der Waals surface area contributed by atoms with Gasteiger partial charge in [-0.05, 0) is 76.5 Å². The van der Waals surface area contributed by atoms with Gasteiger partial charge in [-0.3, -0.25) is 0 Å². The van der Waals surface area contributed by atoms with E-state index in [1.807, 2.05) is 30.3 Å². The first-order chi connectivity index (χ1) is 27.5. The van der Waals surface area contributed by atoms with Crippen LogP contribution >= 0.6 is 0 Å². The molecule has 7 aromatic rings. The van der Waals surface area contributed by atoms with Crippen LogP contribution in [0, 0.1) is 0 Å². The molecule has 0 N–H and O–H groups in total. The van der Waals surface area contributed by atoms with Crippen molar-refractivity contribution >= 4 is 21.9 Å². The number of rotatable bonds is 3. The van der Waals surface area contributed by atoms with Crippen molar-refractivity contribution in [3.8, 4) is 45.0 Å². The van der Waals surface area contributed by atoms with Gasteiger partial charge in [-0.1, -0.05) is 103 Å². The van der Waals surface area contributed by atoms with E-state index in [4.69, 9.17) is 23.6 Å². The van der Waals surface area contributed by atoms with Crippen molar-refractivity contribution in [3.05, 3.63) is 151 Å². The molecule has 0 unspecified atom stereocenters. The van der Waals surface area contributed by atoms with Crippen molar-refractivity contribution < 1.29 is 25.0 Å². The van der Waals surface area contributed by atoms with Gasteiger partial charge in [-0.15, -0.1) is 0 Å². The van der Waals surface area contributed by atoms with Gasteiger partial charge in [0.05, 0.1) is 20.6 Å².